The smallest absolute Gasteiger partial charge is 0.399 e. The highest BCUT2D eigenvalue weighted by molar-refractivity contribution is 6.62. The lowest BCUT2D eigenvalue weighted by Crippen LogP contribution is -2.41. The molecule has 0 unspecified atom stereocenters. The molecule has 0 N–H and O–H groups in total. The van der Waals surface area contributed by atoms with Crippen molar-refractivity contribution in [3.8, 4) is 0 Å². The summed E-state index contributed by atoms with van der Waals surface area (Å²) in [4.78, 5) is 8.33. The van der Waals surface area contributed by atoms with Crippen molar-refractivity contribution in [1.82, 2.24) is 9.97 Å². The van der Waals surface area contributed by atoms with E-state index in [1.165, 1.54) is 0 Å². The topological polar surface area (TPSA) is 44.2 Å². The summed E-state index contributed by atoms with van der Waals surface area (Å²) in [5.74, 6) is 0. The molecular formula is C12H19BN2O2. The van der Waals surface area contributed by atoms with Crippen LogP contribution < -0.4 is 5.46 Å². The molecule has 2 heterocycles. The Balaban J connectivity index is 2.32. The zero-order chi connectivity index (χ0) is 12.7. The van der Waals surface area contributed by atoms with Gasteiger partial charge in [0.15, 0.2) is 0 Å². The molecule has 1 aromatic heterocycles. The minimum Gasteiger partial charge on any atom is -0.399 e. The molecule has 0 saturated carbocycles. The van der Waals surface area contributed by atoms with Gasteiger partial charge in [0.1, 0.15) is 6.33 Å². The Bertz CT molecular complexity index is 405. The van der Waals surface area contributed by atoms with Crippen molar-refractivity contribution >= 4 is 12.6 Å². The van der Waals surface area contributed by atoms with Crippen molar-refractivity contribution in [2.75, 3.05) is 0 Å². The van der Waals surface area contributed by atoms with Gasteiger partial charge in [-0.15, -0.1) is 0 Å². The SMILES string of the molecule is CCc1ncncc1B1OC(C)(C)C(C)(C)O1. The summed E-state index contributed by atoms with van der Waals surface area (Å²) in [5, 5.41) is 0. The van der Waals surface area contributed by atoms with Crippen molar-refractivity contribution in [2.24, 2.45) is 0 Å². The molecule has 4 nitrogen and oxygen atoms in total. The third-order valence-electron chi connectivity index (χ3n) is 3.67. The van der Waals surface area contributed by atoms with Gasteiger partial charge in [-0.25, -0.2) is 9.97 Å². The molecule has 1 fully saturated rings. The molecule has 1 aliphatic rings. The van der Waals surface area contributed by atoms with Crippen LogP contribution in [0.1, 0.15) is 40.3 Å². The first-order valence-electron chi connectivity index (χ1n) is 6.02. The molecule has 0 amide bonds. The molecule has 0 radical (unpaired) electrons. The zero-order valence-electron chi connectivity index (χ0n) is 11.2. The van der Waals surface area contributed by atoms with E-state index in [0.29, 0.717) is 0 Å². The highest BCUT2D eigenvalue weighted by Gasteiger charge is 2.52. The molecule has 5 heteroatoms. The van der Waals surface area contributed by atoms with Crippen LogP contribution in [0.5, 0.6) is 0 Å². The monoisotopic (exact) mass is 234 g/mol. The predicted molar refractivity (Wildman–Crippen MR) is 67.1 cm³/mol. The summed E-state index contributed by atoms with van der Waals surface area (Å²) in [6.07, 6.45) is 4.20. The average molecular weight is 234 g/mol. The van der Waals surface area contributed by atoms with Crippen LogP contribution in [0.3, 0.4) is 0 Å². The Morgan fingerprint density at radius 2 is 1.76 bits per heavy atom. The van der Waals surface area contributed by atoms with Crippen molar-refractivity contribution in [3.63, 3.8) is 0 Å². The number of hydrogen-bond acceptors (Lipinski definition) is 4. The van der Waals surface area contributed by atoms with Crippen LogP contribution in [0.2, 0.25) is 0 Å². The normalized spacial score (nSPS) is 21.8. The van der Waals surface area contributed by atoms with E-state index in [9.17, 15) is 0 Å². The fourth-order valence-corrected chi connectivity index (χ4v) is 1.83. The van der Waals surface area contributed by atoms with E-state index in [-0.39, 0.29) is 18.3 Å². The van der Waals surface area contributed by atoms with Crippen molar-refractivity contribution in [1.29, 1.82) is 0 Å². The molecule has 92 valence electrons. The van der Waals surface area contributed by atoms with Crippen LogP contribution in [-0.4, -0.2) is 28.3 Å². The van der Waals surface area contributed by atoms with Gasteiger partial charge >= 0.3 is 7.12 Å². The Morgan fingerprint density at radius 1 is 1.18 bits per heavy atom. The standard InChI is InChI=1S/C12H19BN2O2/c1-6-10-9(7-14-8-15-10)13-16-11(2,3)12(4,5)17-13/h7-8H,6H2,1-5H3. The first-order chi connectivity index (χ1) is 7.87. The van der Waals surface area contributed by atoms with Crippen LogP contribution >= 0.6 is 0 Å². The van der Waals surface area contributed by atoms with E-state index in [1.54, 1.807) is 12.5 Å². The van der Waals surface area contributed by atoms with Gasteiger partial charge < -0.3 is 9.31 Å². The maximum atomic E-state index is 5.99. The summed E-state index contributed by atoms with van der Waals surface area (Å²) >= 11 is 0. The van der Waals surface area contributed by atoms with Crippen LogP contribution in [0.25, 0.3) is 0 Å². The van der Waals surface area contributed by atoms with E-state index < -0.39 is 0 Å². The van der Waals surface area contributed by atoms with Gasteiger partial charge in [0.25, 0.3) is 0 Å². The molecule has 1 saturated heterocycles. The third-order valence-corrected chi connectivity index (χ3v) is 3.67. The Hall–Kier alpha value is -0.935. The largest absolute Gasteiger partial charge is 0.498 e. The molecule has 0 bridgehead atoms. The quantitative estimate of drug-likeness (QED) is 0.724. The predicted octanol–water partition coefficient (Wildman–Crippen LogP) is 1.34. The van der Waals surface area contributed by atoms with Crippen molar-refractivity contribution in [2.45, 2.75) is 52.2 Å². The van der Waals surface area contributed by atoms with E-state index in [4.69, 9.17) is 9.31 Å². The first-order valence-corrected chi connectivity index (χ1v) is 6.02. The lowest BCUT2D eigenvalue weighted by atomic mass is 9.78. The summed E-state index contributed by atoms with van der Waals surface area (Å²) in [6.45, 7) is 10.2. The second kappa shape index (κ2) is 4.07. The van der Waals surface area contributed by atoms with Crippen molar-refractivity contribution < 1.29 is 9.31 Å². The minimum absolute atomic E-state index is 0.321. The van der Waals surface area contributed by atoms with Gasteiger partial charge in [0.05, 0.1) is 11.2 Å². The lowest BCUT2D eigenvalue weighted by molar-refractivity contribution is 0.00578. The second-order valence-corrected chi connectivity index (χ2v) is 5.37. The van der Waals surface area contributed by atoms with Crippen LogP contribution in [0, 0.1) is 0 Å². The number of aromatic nitrogens is 2. The van der Waals surface area contributed by atoms with E-state index in [1.807, 2.05) is 27.7 Å². The minimum atomic E-state index is -0.365. The highest BCUT2D eigenvalue weighted by atomic mass is 16.7. The Kier molecular flexibility index (Phi) is 3.00. The molecule has 0 spiro atoms. The maximum Gasteiger partial charge on any atom is 0.498 e. The number of hydrogen-bond donors (Lipinski definition) is 0. The Labute approximate surface area is 103 Å². The summed E-state index contributed by atoms with van der Waals surface area (Å²) in [5.41, 5.74) is 1.28. The molecule has 1 aromatic rings. The first kappa shape index (κ1) is 12.5. The fraction of sp³-hybridized carbons (Fsp3) is 0.667. The highest BCUT2D eigenvalue weighted by Crippen LogP contribution is 2.36. The lowest BCUT2D eigenvalue weighted by Gasteiger charge is -2.32. The summed E-state index contributed by atoms with van der Waals surface area (Å²) in [6, 6.07) is 0. The van der Waals surface area contributed by atoms with E-state index in [0.717, 1.165) is 17.6 Å². The van der Waals surface area contributed by atoms with Gasteiger partial charge in [-0.3, -0.25) is 0 Å². The summed E-state index contributed by atoms with van der Waals surface area (Å²) in [7, 11) is -0.365. The van der Waals surface area contributed by atoms with E-state index >= 15 is 0 Å². The molecule has 0 aliphatic carbocycles. The average Bonchev–Trinajstić information content (AvgIpc) is 2.48. The van der Waals surface area contributed by atoms with Crippen molar-refractivity contribution in [3.05, 3.63) is 18.2 Å². The van der Waals surface area contributed by atoms with Gasteiger partial charge in [-0.1, -0.05) is 6.92 Å². The third kappa shape index (κ3) is 2.09. The maximum absolute atomic E-state index is 5.99. The number of aryl methyl sites for hydroxylation is 1. The molecule has 2 rings (SSSR count). The molecule has 1 aliphatic heterocycles. The Morgan fingerprint density at radius 3 is 2.29 bits per heavy atom. The van der Waals surface area contributed by atoms with Gasteiger partial charge in [-0.05, 0) is 34.1 Å². The van der Waals surface area contributed by atoms with Crippen LogP contribution in [0.4, 0.5) is 0 Å². The molecule has 17 heavy (non-hydrogen) atoms. The van der Waals surface area contributed by atoms with Gasteiger partial charge in [-0.2, -0.15) is 0 Å². The van der Waals surface area contributed by atoms with E-state index in [2.05, 4.69) is 16.9 Å². The zero-order valence-corrected chi connectivity index (χ0v) is 11.2. The molecular weight excluding hydrogens is 215 g/mol. The van der Waals surface area contributed by atoms with Crippen LogP contribution in [0.15, 0.2) is 12.5 Å². The second-order valence-electron chi connectivity index (χ2n) is 5.37. The van der Waals surface area contributed by atoms with Gasteiger partial charge in [0, 0.05) is 17.4 Å². The molecule has 0 atom stereocenters. The van der Waals surface area contributed by atoms with Crippen LogP contribution in [-0.2, 0) is 15.7 Å². The number of nitrogens with zero attached hydrogens (tertiary/aromatic N) is 2. The summed E-state index contributed by atoms with van der Waals surface area (Å²) < 4.78 is 12.0. The number of rotatable bonds is 2. The molecule has 0 aromatic carbocycles. The van der Waals surface area contributed by atoms with Gasteiger partial charge in [0.2, 0.25) is 0 Å². The fourth-order valence-electron chi connectivity index (χ4n) is 1.83.